The normalized spacial score (nSPS) is 11.3. The van der Waals surface area contributed by atoms with Crippen LogP contribution in [-0.2, 0) is 4.79 Å². The molecule has 0 rings (SSSR count). The van der Waals surface area contributed by atoms with Crippen LogP contribution in [-0.4, -0.2) is 11.4 Å². The summed E-state index contributed by atoms with van der Waals surface area (Å²) in [6.45, 7) is 8.01. The molecule has 2 heteroatoms. The Morgan fingerprint density at radius 1 is 1.25 bits per heavy atom. The highest BCUT2D eigenvalue weighted by Crippen LogP contribution is 2.18. The van der Waals surface area contributed by atoms with Gasteiger partial charge >= 0.3 is 0 Å². The summed E-state index contributed by atoms with van der Waals surface area (Å²) in [5.41, 5.74) is 0.0231. The third kappa shape index (κ3) is 4.37. The summed E-state index contributed by atoms with van der Waals surface area (Å²) in [4.78, 5) is 10.9. The van der Waals surface area contributed by atoms with Crippen LogP contribution in [0.15, 0.2) is 0 Å². The van der Waals surface area contributed by atoms with Crippen LogP contribution in [0.25, 0.3) is 0 Å². The van der Waals surface area contributed by atoms with Crippen LogP contribution in [0.2, 0.25) is 0 Å². The van der Waals surface area contributed by atoms with Crippen LogP contribution in [0.1, 0.15) is 53.4 Å². The standard InChI is InChI=1S/C10H21NO/c1-5-7-10(4,8-6-2)11-9(3)12/h5-8H2,1-4H3,(H,11,12). The number of nitrogens with one attached hydrogen (secondary N) is 1. The van der Waals surface area contributed by atoms with Crippen LogP contribution in [0, 0.1) is 0 Å². The van der Waals surface area contributed by atoms with Gasteiger partial charge in [-0.25, -0.2) is 0 Å². The van der Waals surface area contributed by atoms with E-state index < -0.39 is 0 Å². The average Bonchev–Trinajstić information content (AvgIpc) is 1.85. The minimum Gasteiger partial charge on any atom is -0.351 e. The SMILES string of the molecule is CCCC(C)(CCC)NC(C)=O. The smallest absolute Gasteiger partial charge is 0.217 e. The van der Waals surface area contributed by atoms with E-state index >= 15 is 0 Å². The maximum atomic E-state index is 10.9. The molecule has 0 atom stereocenters. The summed E-state index contributed by atoms with van der Waals surface area (Å²) in [5.74, 6) is 0.0828. The van der Waals surface area contributed by atoms with Gasteiger partial charge in [-0.3, -0.25) is 4.79 Å². The Labute approximate surface area is 75.7 Å². The third-order valence-electron chi connectivity index (χ3n) is 2.08. The Morgan fingerprint density at radius 3 is 1.92 bits per heavy atom. The summed E-state index contributed by atoms with van der Waals surface area (Å²) >= 11 is 0. The first kappa shape index (κ1) is 11.5. The molecule has 0 aliphatic rings. The Balaban J connectivity index is 4.07. The summed E-state index contributed by atoms with van der Waals surface area (Å²) in [5, 5.41) is 3.02. The molecule has 0 bridgehead atoms. The predicted molar refractivity (Wildman–Crippen MR) is 52.0 cm³/mol. The first-order valence-corrected chi connectivity index (χ1v) is 4.83. The van der Waals surface area contributed by atoms with Gasteiger partial charge in [0.15, 0.2) is 0 Å². The van der Waals surface area contributed by atoms with Crippen molar-refractivity contribution in [1.29, 1.82) is 0 Å². The summed E-state index contributed by atoms with van der Waals surface area (Å²) in [6.07, 6.45) is 4.38. The Morgan fingerprint density at radius 2 is 1.67 bits per heavy atom. The minimum atomic E-state index is 0.0231. The van der Waals surface area contributed by atoms with Crippen molar-refractivity contribution in [2.24, 2.45) is 0 Å². The zero-order valence-corrected chi connectivity index (χ0v) is 8.74. The van der Waals surface area contributed by atoms with Gasteiger partial charge < -0.3 is 5.32 Å². The van der Waals surface area contributed by atoms with Gasteiger partial charge in [0.1, 0.15) is 0 Å². The summed E-state index contributed by atoms with van der Waals surface area (Å²) in [7, 11) is 0. The average molecular weight is 171 g/mol. The zero-order valence-electron chi connectivity index (χ0n) is 8.74. The third-order valence-corrected chi connectivity index (χ3v) is 2.08. The lowest BCUT2D eigenvalue weighted by atomic mass is 9.91. The van der Waals surface area contributed by atoms with Gasteiger partial charge in [-0.05, 0) is 19.8 Å². The molecule has 0 radical (unpaired) electrons. The second kappa shape index (κ2) is 5.18. The van der Waals surface area contributed by atoms with Crippen LogP contribution in [0.4, 0.5) is 0 Å². The number of carbonyl (C=O) groups is 1. The van der Waals surface area contributed by atoms with E-state index in [-0.39, 0.29) is 11.4 Å². The first-order chi connectivity index (χ1) is 5.54. The predicted octanol–water partition coefficient (Wildman–Crippen LogP) is 2.48. The quantitative estimate of drug-likeness (QED) is 0.676. The first-order valence-electron chi connectivity index (χ1n) is 4.83. The van der Waals surface area contributed by atoms with E-state index in [1.165, 1.54) is 0 Å². The number of hydrogen-bond acceptors (Lipinski definition) is 1. The van der Waals surface area contributed by atoms with Crippen molar-refractivity contribution in [2.75, 3.05) is 0 Å². The number of hydrogen-bond donors (Lipinski definition) is 1. The highest BCUT2D eigenvalue weighted by Gasteiger charge is 2.22. The molecular formula is C10H21NO. The number of rotatable bonds is 5. The highest BCUT2D eigenvalue weighted by atomic mass is 16.1. The summed E-state index contributed by atoms with van der Waals surface area (Å²) < 4.78 is 0. The molecule has 2 nitrogen and oxygen atoms in total. The lowest BCUT2D eigenvalue weighted by Crippen LogP contribution is -2.44. The second-order valence-corrected chi connectivity index (χ2v) is 3.74. The Bertz CT molecular complexity index is 137. The Kier molecular flexibility index (Phi) is 4.95. The number of amides is 1. The lowest BCUT2D eigenvalue weighted by Gasteiger charge is -2.29. The molecule has 12 heavy (non-hydrogen) atoms. The molecule has 0 aliphatic heterocycles. The second-order valence-electron chi connectivity index (χ2n) is 3.74. The maximum absolute atomic E-state index is 10.9. The van der Waals surface area contributed by atoms with Gasteiger partial charge in [-0.2, -0.15) is 0 Å². The molecular weight excluding hydrogens is 150 g/mol. The van der Waals surface area contributed by atoms with Crippen molar-refractivity contribution in [3.63, 3.8) is 0 Å². The van der Waals surface area contributed by atoms with Crippen LogP contribution in [0.3, 0.4) is 0 Å². The topological polar surface area (TPSA) is 29.1 Å². The van der Waals surface area contributed by atoms with E-state index in [9.17, 15) is 4.79 Å². The molecule has 0 aromatic heterocycles. The molecule has 1 N–H and O–H groups in total. The molecule has 0 spiro atoms. The molecule has 0 aromatic carbocycles. The molecule has 0 saturated heterocycles. The highest BCUT2D eigenvalue weighted by molar-refractivity contribution is 5.73. The Hall–Kier alpha value is -0.530. The zero-order chi connectivity index (χ0) is 9.61. The van der Waals surface area contributed by atoms with Gasteiger partial charge in [0.2, 0.25) is 5.91 Å². The van der Waals surface area contributed by atoms with Crippen molar-refractivity contribution in [2.45, 2.75) is 58.9 Å². The molecule has 0 aromatic rings. The molecule has 0 fully saturated rings. The lowest BCUT2D eigenvalue weighted by molar-refractivity contribution is -0.120. The molecule has 0 saturated carbocycles. The summed E-state index contributed by atoms with van der Waals surface area (Å²) in [6, 6.07) is 0. The van der Waals surface area contributed by atoms with Gasteiger partial charge in [-0.15, -0.1) is 0 Å². The molecule has 1 amide bonds. The fourth-order valence-electron chi connectivity index (χ4n) is 1.78. The van der Waals surface area contributed by atoms with Crippen molar-refractivity contribution in [3.8, 4) is 0 Å². The van der Waals surface area contributed by atoms with Crippen molar-refractivity contribution in [1.82, 2.24) is 5.32 Å². The molecule has 0 aliphatic carbocycles. The van der Waals surface area contributed by atoms with E-state index in [4.69, 9.17) is 0 Å². The molecule has 0 heterocycles. The monoisotopic (exact) mass is 171 g/mol. The van der Waals surface area contributed by atoms with Crippen LogP contribution >= 0.6 is 0 Å². The van der Waals surface area contributed by atoms with Gasteiger partial charge in [0.05, 0.1) is 0 Å². The fourth-order valence-corrected chi connectivity index (χ4v) is 1.78. The molecule has 72 valence electrons. The van der Waals surface area contributed by atoms with Gasteiger partial charge in [-0.1, -0.05) is 26.7 Å². The van der Waals surface area contributed by atoms with Gasteiger partial charge in [0.25, 0.3) is 0 Å². The molecule has 0 unspecified atom stereocenters. The maximum Gasteiger partial charge on any atom is 0.217 e. The minimum absolute atomic E-state index is 0.0231. The van der Waals surface area contributed by atoms with Crippen molar-refractivity contribution >= 4 is 5.91 Å². The van der Waals surface area contributed by atoms with E-state index in [0.29, 0.717) is 0 Å². The number of carbonyl (C=O) groups excluding carboxylic acids is 1. The van der Waals surface area contributed by atoms with Gasteiger partial charge in [0, 0.05) is 12.5 Å². The van der Waals surface area contributed by atoms with E-state index in [1.807, 2.05) is 0 Å². The van der Waals surface area contributed by atoms with Crippen LogP contribution < -0.4 is 5.32 Å². The largest absolute Gasteiger partial charge is 0.351 e. The van der Waals surface area contributed by atoms with E-state index in [2.05, 4.69) is 26.1 Å². The van der Waals surface area contributed by atoms with E-state index in [1.54, 1.807) is 6.92 Å². The van der Waals surface area contributed by atoms with Crippen LogP contribution in [0.5, 0.6) is 0 Å². The van der Waals surface area contributed by atoms with Crippen molar-refractivity contribution < 1.29 is 4.79 Å². The van der Waals surface area contributed by atoms with E-state index in [0.717, 1.165) is 25.7 Å². The van der Waals surface area contributed by atoms with Crippen molar-refractivity contribution in [3.05, 3.63) is 0 Å². The fraction of sp³-hybridized carbons (Fsp3) is 0.900.